The van der Waals surface area contributed by atoms with E-state index in [0.29, 0.717) is 11.5 Å². The largest absolute Gasteiger partial charge is 0.426 e. The van der Waals surface area contributed by atoms with Gasteiger partial charge in [0.15, 0.2) is 0 Å². The van der Waals surface area contributed by atoms with E-state index in [9.17, 15) is 14.4 Å². The van der Waals surface area contributed by atoms with Gasteiger partial charge in [0.25, 0.3) is 0 Å². The SMILES string of the molecule is CC(=O)Oc1ccc(OC(C)=O)c2c1[C@@H]1C[C@@H](C=O)[C@H]2C1. The Labute approximate surface area is 122 Å². The first-order valence-corrected chi connectivity index (χ1v) is 7.00. The van der Waals surface area contributed by atoms with Crippen molar-refractivity contribution >= 4 is 18.2 Å². The van der Waals surface area contributed by atoms with Crippen molar-refractivity contribution in [3.05, 3.63) is 23.3 Å². The molecule has 2 aliphatic carbocycles. The standard InChI is InChI=1S/C16H16O5/c1-8(18)20-13-3-4-14(21-9(2)19)16-12-6-10(15(13)16)5-11(12)7-17/h3-4,7,10-12H,5-6H2,1-2H3/t10-,11+,12-/m1/s1. The van der Waals surface area contributed by atoms with Crippen molar-refractivity contribution in [2.75, 3.05) is 0 Å². The number of aldehydes is 1. The highest BCUT2D eigenvalue weighted by Crippen LogP contribution is 2.60. The van der Waals surface area contributed by atoms with Crippen LogP contribution in [0, 0.1) is 5.92 Å². The van der Waals surface area contributed by atoms with E-state index in [1.807, 2.05) is 0 Å². The summed E-state index contributed by atoms with van der Waals surface area (Å²) < 4.78 is 10.5. The Morgan fingerprint density at radius 2 is 1.62 bits per heavy atom. The van der Waals surface area contributed by atoms with E-state index < -0.39 is 5.97 Å². The minimum Gasteiger partial charge on any atom is -0.426 e. The van der Waals surface area contributed by atoms with Gasteiger partial charge in [-0.2, -0.15) is 0 Å². The second kappa shape index (κ2) is 4.98. The average molecular weight is 288 g/mol. The number of esters is 2. The Balaban J connectivity index is 2.10. The molecule has 1 fully saturated rings. The molecule has 2 aliphatic rings. The molecule has 5 nitrogen and oxygen atoms in total. The van der Waals surface area contributed by atoms with E-state index in [4.69, 9.17) is 9.47 Å². The normalized spacial score (nSPS) is 25.3. The zero-order chi connectivity index (χ0) is 15.1. The summed E-state index contributed by atoms with van der Waals surface area (Å²) in [5.41, 5.74) is 1.78. The maximum atomic E-state index is 11.3. The maximum absolute atomic E-state index is 11.3. The molecule has 1 saturated carbocycles. The van der Waals surface area contributed by atoms with Crippen LogP contribution in [0.25, 0.3) is 0 Å². The summed E-state index contributed by atoms with van der Waals surface area (Å²) in [7, 11) is 0. The molecule has 1 aromatic carbocycles. The molecular formula is C16H16O5. The Morgan fingerprint density at radius 3 is 2.14 bits per heavy atom. The Kier molecular flexibility index (Phi) is 3.27. The van der Waals surface area contributed by atoms with E-state index in [1.54, 1.807) is 12.1 Å². The first kappa shape index (κ1) is 13.8. The zero-order valence-electron chi connectivity index (χ0n) is 11.9. The number of fused-ring (bicyclic) bond motifs is 5. The molecule has 0 unspecified atom stereocenters. The van der Waals surface area contributed by atoms with Crippen LogP contribution < -0.4 is 9.47 Å². The average Bonchev–Trinajstić information content (AvgIpc) is 2.98. The monoisotopic (exact) mass is 288 g/mol. The summed E-state index contributed by atoms with van der Waals surface area (Å²) in [4.78, 5) is 33.7. The number of carbonyl (C=O) groups excluding carboxylic acids is 3. The summed E-state index contributed by atoms with van der Waals surface area (Å²) in [5.74, 6) is 0.398. The molecule has 0 N–H and O–H groups in total. The van der Waals surface area contributed by atoms with Gasteiger partial charge in [0.1, 0.15) is 17.8 Å². The van der Waals surface area contributed by atoms with Crippen molar-refractivity contribution in [2.24, 2.45) is 5.92 Å². The Morgan fingerprint density at radius 1 is 1.05 bits per heavy atom. The van der Waals surface area contributed by atoms with E-state index in [-0.39, 0.29) is 23.7 Å². The van der Waals surface area contributed by atoms with Crippen LogP contribution in [-0.4, -0.2) is 18.2 Å². The lowest BCUT2D eigenvalue weighted by atomic mass is 9.83. The first-order valence-electron chi connectivity index (χ1n) is 7.00. The lowest BCUT2D eigenvalue weighted by Gasteiger charge is -2.24. The smallest absolute Gasteiger partial charge is 0.308 e. The van der Waals surface area contributed by atoms with Gasteiger partial charge in [-0.05, 0) is 36.8 Å². The van der Waals surface area contributed by atoms with Gasteiger partial charge in [-0.3, -0.25) is 9.59 Å². The van der Waals surface area contributed by atoms with Gasteiger partial charge in [0.2, 0.25) is 0 Å². The lowest BCUT2D eigenvalue weighted by molar-refractivity contribution is -0.133. The minimum absolute atomic E-state index is 0.0485. The third kappa shape index (κ3) is 2.22. The fourth-order valence-electron chi connectivity index (χ4n) is 3.68. The Hall–Kier alpha value is -2.17. The number of ether oxygens (including phenoxy) is 2. The molecule has 0 saturated heterocycles. The molecule has 3 atom stereocenters. The van der Waals surface area contributed by atoms with Crippen molar-refractivity contribution in [3.63, 3.8) is 0 Å². The summed E-state index contributed by atoms with van der Waals surface area (Å²) >= 11 is 0. The van der Waals surface area contributed by atoms with Crippen LogP contribution in [0.4, 0.5) is 0 Å². The highest BCUT2D eigenvalue weighted by Gasteiger charge is 2.47. The Bertz CT molecular complexity index is 634. The number of rotatable bonds is 3. The van der Waals surface area contributed by atoms with Crippen molar-refractivity contribution < 1.29 is 23.9 Å². The lowest BCUT2D eigenvalue weighted by Crippen LogP contribution is -2.16. The molecular weight excluding hydrogens is 272 g/mol. The molecule has 0 spiro atoms. The summed E-state index contributed by atoms with van der Waals surface area (Å²) in [6.07, 6.45) is 2.58. The number of hydrogen-bond donors (Lipinski definition) is 0. The summed E-state index contributed by atoms with van der Waals surface area (Å²) in [5, 5.41) is 0. The minimum atomic E-state index is -0.400. The van der Waals surface area contributed by atoms with Crippen LogP contribution in [-0.2, 0) is 14.4 Å². The molecule has 2 bridgehead atoms. The van der Waals surface area contributed by atoms with Crippen LogP contribution in [0.5, 0.6) is 11.5 Å². The van der Waals surface area contributed by atoms with Crippen molar-refractivity contribution in [3.8, 4) is 11.5 Å². The van der Waals surface area contributed by atoms with Gasteiger partial charge in [0.05, 0.1) is 0 Å². The molecule has 0 aromatic heterocycles. The number of carbonyl (C=O) groups is 3. The fraction of sp³-hybridized carbons (Fsp3) is 0.438. The van der Waals surface area contributed by atoms with Gasteiger partial charge in [-0.25, -0.2) is 0 Å². The third-order valence-electron chi connectivity index (χ3n) is 4.28. The summed E-state index contributed by atoms with van der Waals surface area (Å²) in [6.45, 7) is 2.70. The molecule has 0 aliphatic heterocycles. The molecule has 21 heavy (non-hydrogen) atoms. The summed E-state index contributed by atoms with van der Waals surface area (Å²) in [6, 6.07) is 3.30. The zero-order valence-corrected chi connectivity index (χ0v) is 11.9. The first-order chi connectivity index (χ1) is 10.0. The van der Waals surface area contributed by atoms with Crippen molar-refractivity contribution in [1.82, 2.24) is 0 Å². The molecule has 0 amide bonds. The molecule has 0 radical (unpaired) electrons. The van der Waals surface area contributed by atoms with Gasteiger partial charge in [-0.15, -0.1) is 0 Å². The van der Waals surface area contributed by atoms with Gasteiger partial charge < -0.3 is 14.3 Å². The van der Waals surface area contributed by atoms with Gasteiger partial charge >= 0.3 is 11.9 Å². The second-order valence-corrected chi connectivity index (χ2v) is 5.65. The highest BCUT2D eigenvalue weighted by molar-refractivity contribution is 5.74. The van der Waals surface area contributed by atoms with Gasteiger partial charge in [-0.1, -0.05) is 0 Å². The second-order valence-electron chi connectivity index (χ2n) is 5.65. The van der Waals surface area contributed by atoms with Crippen LogP contribution in [0.15, 0.2) is 12.1 Å². The van der Waals surface area contributed by atoms with Crippen molar-refractivity contribution in [2.45, 2.75) is 38.5 Å². The number of hydrogen-bond acceptors (Lipinski definition) is 5. The topological polar surface area (TPSA) is 69.7 Å². The van der Waals surface area contributed by atoms with Gasteiger partial charge in [0, 0.05) is 30.9 Å². The van der Waals surface area contributed by atoms with E-state index in [1.165, 1.54) is 13.8 Å². The van der Waals surface area contributed by atoms with E-state index in [0.717, 1.165) is 30.3 Å². The highest BCUT2D eigenvalue weighted by atomic mass is 16.5. The third-order valence-corrected chi connectivity index (χ3v) is 4.28. The quantitative estimate of drug-likeness (QED) is 0.485. The van der Waals surface area contributed by atoms with Crippen LogP contribution in [0.2, 0.25) is 0 Å². The molecule has 0 heterocycles. The van der Waals surface area contributed by atoms with E-state index >= 15 is 0 Å². The van der Waals surface area contributed by atoms with Crippen LogP contribution >= 0.6 is 0 Å². The van der Waals surface area contributed by atoms with Crippen LogP contribution in [0.3, 0.4) is 0 Å². The predicted molar refractivity (Wildman–Crippen MR) is 73.3 cm³/mol. The van der Waals surface area contributed by atoms with Crippen LogP contribution in [0.1, 0.15) is 49.7 Å². The molecule has 110 valence electrons. The molecule has 1 aromatic rings. The maximum Gasteiger partial charge on any atom is 0.308 e. The fourth-order valence-corrected chi connectivity index (χ4v) is 3.68. The van der Waals surface area contributed by atoms with E-state index in [2.05, 4.69) is 0 Å². The number of benzene rings is 1. The molecule has 5 heteroatoms. The molecule has 3 rings (SSSR count). The van der Waals surface area contributed by atoms with Crippen molar-refractivity contribution in [1.29, 1.82) is 0 Å². The predicted octanol–water partition coefficient (Wildman–Crippen LogP) is 2.33.